The number of aryl methyl sites for hydroxylation is 2. The predicted octanol–water partition coefficient (Wildman–Crippen LogP) is 3.83. The van der Waals surface area contributed by atoms with E-state index >= 15 is 0 Å². The van der Waals surface area contributed by atoms with Crippen molar-refractivity contribution in [2.24, 2.45) is 0 Å². The normalized spacial score (nSPS) is 11.3. The van der Waals surface area contributed by atoms with Crippen molar-refractivity contribution in [3.63, 3.8) is 0 Å². The van der Waals surface area contributed by atoms with Gasteiger partial charge in [-0.15, -0.1) is 0 Å². The number of furan rings is 1. The van der Waals surface area contributed by atoms with Crippen molar-refractivity contribution in [2.75, 3.05) is 6.54 Å². The summed E-state index contributed by atoms with van der Waals surface area (Å²) in [6.07, 6.45) is 0. The van der Waals surface area contributed by atoms with Crippen molar-refractivity contribution in [1.82, 2.24) is 14.9 Å². The summed E-state index contributed by atoms with van der Waals surface area (Å²) >= 11 is 0. The van der Waals surface area contributed by atoms with Gasteiger partial charge in [-0.25, -0.2) is 4.98 Å². The van der Waals surface area contributed by atoms with Crippen LogP contribution in [0.1, 0.15) is 21.9 Å². The SMILES string of the molecule is Cc1ccc2oc(C(=O)NCCn3c(C)cc4ccccc43)cc2n1. The third kappa shape index (κ3) is 2.89. The van der Waals surface area contributed by atoms with Crippen molar-refractivity contribution in [2.45, 2.75) is 20.4 Å². The highest BCUT2D eigenvalue weighted by Gasteiger charge is 2.13. The van der Waals surface area contributed by atoms with E-state index in [1.165, 1.54) is 16.6 Å². The maximum atomic E-state index is 12.3. The number of rotatable bonds is 4. The van der Waals surface area contributed by atoms with Crippen molar-refractivity contribution in [3.8, 4) is 0 Å². The largest absolute Gasteiger partial charge is 0.449 e. The minimum Gasteiger partial charge on any atom is -0.449 e. The van der Waals surface area contributed by atoms with Gasteiger partial charge in [-0.1, -0.05) is 18.2 Å². The molecule has 1 aromatic carbocycles. The van der Waals surface area contributed by atoms with E-state index in [0.29, 0.717) is 29.9 Å². The van der Waals surface area contributed by atoms with Crippen LogP contribution in [0.15, 0.2) is 52.9 Å². The van der Waals surface area contributed by atoms with Gasteiger partial charge in [0, 0.05) is 36.1 Å². The molecule has 1 amide bonds. The number of carbonyl (C=O) groups excluding carboxylic acids is 1. The molecule has 0 unspecified atom stereocenters. The number of hydrogen-bond acceptors (Lipinski definition) is 3. The molecule has 0 aliphatic heterocycles. The summed E-state index contributed by atoms with van der Waals surface area (Å²) in [5.74, 6) is 0.0759. The monoisotopic (exact) mass is 333 g/mol. The summed E-state index contributed by atoms with van der Waals surface area (Å²) in [6, 6.07) is 15.8. The Morgan fingerprint density at radius 2 is 2.00 bits per heavy atom. The van der Waals surface area contributed by atoms with Gasteiger partial charge in [0.15, 0.2) is 11.3 Å². The molecule has 0 aliphatic rings. The smallest absolute Gasteiger partial charge is 0.287 e. The zero-order chi connectivity index (χ0) is 17.4. The average molecular weight is 333 g/mol. The fourth-order valence-corrected chi connectivity index (χ4v) is 3.15. The topological polar surface area (TPSA) is 60.1 Å². The van der Waals surface area contributed by atoms with Crippen LogP contribution in [0.25, 0.3) is 22.0 Å². The quantitative estimate of drug-likeness (QED) is 0.617. The first-order valence-electron chi connectivity index (χ1n) is 8.32. The summed E-state index contributed by atoms with van der Waals surface area (Å²) in [4.78, 5) is 16.7. The molecular formula is C20H19N3O2. The Morgan fingerprint density at radius 3 is 2.88 bits per heavy atom. The number of fused-ring (bicyclic) bond motifs is 2. The second kappa shape index (κ2) is 6.09. The third-order valence-corrected chi connectivity index (χ3v) is 4.38. The Bertz CT molecular complexity index is 1080. The van der Waals surface area contributed by atoms with E-state index in [1.807, 2.05) is 31.2 Å². The molecule has 5 heteroatoms. The summed E-state index contributed by atoms with van der Waals surface area (Å²) in [7, 11) is 0. The van der Waals surface area contributed by atoms with Gasteiger partial charge in [-0.2, -0.15) is 0 Å². The number of nitrogens with zero attached hydrogens (tertiary/aromatic N) is 2. The molecule has 1 N–H and O–H groups in total. The molecule has 0 spiro atoms. The van der Waals surface area contributed by atoms with Crippen LogP contribution >= 0.6 is 0 Å². The highest BCUT2D eigenvalue weighted by atomic mass is 16.3. The number of hydrogen-bond donors (Lipinski definition) is 1. The molecule has 5 nitrogen and oxygen atoms in total. The molecule has 0 bridgehead atoms. The lowest BCUT2D eigenvalue weighted by Crippen LogP contribution is -2.27. The molecule has 0 atom stereocenters. The number of nitrogens with one attached hydrogen (secondary N) is 1. The molecule has 3 aromatic heterocycles. The van der Waals surface area contributed by atoms with E-state index in [0.717, 1.165) is 5.69 Å². The summed E-state index contributed by atoms with van der Waals surface area (Å²) in [5.41, 5.74) is 4.59. The highest BCUT2D eigenvalue weighted by Crippen LogP contribution is 2.19. The van der Waals surface area contributed by atoms with Crippen LogP contribution in [0.5, 0.6) is 0 Å². The Morgan fingerprint density at radius 1 is 1.16 bits per heavy atom. The molecular weight excluding hydrogens is 314 g/mol. The number of aromatic nitrogens is 2. The Balaban J connectivity index is 1.47. The Kier molecular flexibility index (Phi) is 3.76. The number of carbonyl (C=O) groups is 1. The van der Waals surface area contributed by atoms with E-state index in [9.17, 15) is 4.79 Å². The second-order valence-electron chi connectivity index (χ2n) is 6.20. The zero-order valence-corrected chi connectivity index (χ0v) is 14.2. The second-order valence-corrected chi connectivity index (χ2v) is 6.20. The fraction of sp³-hybridized carbons (Fsp3) is 0.200. The fourth-order valence-electron chi connectivity index (χ4n) is 3.15. The highest BCUT2D eigenvalue weighted by molar-refractivity contribution is 5.95. The molecule has 0 saturated heterocycles. The van der Waals surface area contributed by atoms with Crippen molar-refractivity contribution in [3.05, 3.63) is 65.7 Å². The van der Waals surface area contributed by atoms with Crippen molar-refractivity contribution < 1.29 is 9.21 Å². The predicted molar refractivity (Wildman–Crippen MR) is 97.8 cm³/mol. The first-order chi connectivity index (χ1) is 12.1. The number of pyridine rings is 1. The van der Waals surface area contributed by atoms with Gasteiger partial charge < -0.3 is 14.3 Å². The number of amides is 1. The van der Waals surface area contributed by atoms with E-state index in [-0.39, 0.29) is 5.91 Å². The standard InChI is InChI=1S/C20H19N3O2/c1-13-7-8-18-16(22-13)12-19(25-18)20(24)21-9-10-23-14(2)11-15-5-3-4-6-17(15)23/h3-8,11-12H,9-10H2,1-2H3,(H,21,24). The molecule has 0 aliphatic carbocycles. The van der Waals surface area contributed by atoms with E-state index in [2.05, 4.69) is 40.0 Å². The number of para-hydroxylation sites is 1. The Labute approximate surface area is 145 Å². The van der Waals surface area contributed by atoms with Crippen LogP contribution in [0, 0.1) is 13.8 Å². The molecule has 0 radical (unpaired) electrons. The van der Waals surface area contributed by atoms with Gasteiger partial charge in [0.1, 0.15) is 5.52 Å². The van der Waals surface area contributed by atoms with Crippen LogP contribution < -0.4 is 5.32 Å². The van der Waals surface area contributed by atoms with Gasteiger partial charge in [-0.05, 0) is 43.5 Å². The molecule has 4 aromatic rings. The lowest BCUT2D eigenvalue weighted by molar-refractivity contribution is 0.0927. The molecule has 3 heterocycles. The molecule has 0 saturated carbocycles. The molecule has 25 heavy (non-hydrogen) atoms. The van der Waals surface area contributed by atoms with E-state index in [1.54, 1.807) is 6.07 Å². The summed E-state index contributed by atoms with van der Waals surface area (Å²) < 4.78 is 7.79. The molecule has 0 fully saturated rings. The van der Waals surface area contributed by atoms with Gasteiger partial charge in [0.2, 0.25) is 0 Å². The van der Waals surface area contributed by atoms with Gasteiger partial charge in [0.25, 0.3) is 5.91 Å². The van der Waals surface area contributed by atoms with Gasteiger partial charge in [0.05, 0.1) is 0 Å². The third-order valence-electron chi connectivity index (χ3n) is 4.38. The van der Waals surface area contributed by atoms with Crippen LogP contribution in [0.4, 0.5) is 0 Å². The van der Waals surface area contributed by atoms with Crippen LogP contribution in [0.2, 0.25) is 0 Å². The van der Waals surface area contributed by atoms with E-state index < -0.39 is 0 Å². The first kappa shape index (κ1) is 15.4. The maximum absolute atomic E-state index is 12.3. The summed E-state index contributed by atoms with van der Waals surface area (Å²) in [6.45, 7) is 5.23. The lowest BCUT2D eigenvalue weighted by atomic mass is 10.2. The molecule has 126 valence electrons. The lowest BCUT2D eigenvalue weighted by Gasteiger charge is -2.09. The van der Waals surface area contributed by atoms with E-state index in [4.69, 9.17) is 4.42 Å². The first-order valence-corrected chi connectivity index (χ1v) is 8.32. The van der Waals surface area contributed by atoms with Crippen LogP contribution in [0.3, 0.4) is 0 Å². The summed E-state index contributed by atoms with van der Waals surface area (Å²) in [5, 5.41) is 4.14. The Hall–Kier alpha value is -3.08. The van der Waals surface area contributed by atoms with Crippen molar-refractivity contribution in [1.29, 1.82) is 0 Å². The van der Waals surface area contributed by atoms with Crippen LogP contribution in [-0.2, 0) is 6.54 Å². The minimum atomic E-state index is -0.218. The van der Waals surface area contributed by atoms with Crippen LogP contribution in [-0.4, -0.2) is 22.0 Å². The van der Waals surface area contributed by atoms with Gasteiger partial charge >= 0.3 is 0 Å². The minimum absolute atomic E-state index is 0.218. The van der Waals surface area contributed by atoms with Crippen molar-refractivity contribution >= 4 is 27.9 Å². The zero-order valence-electron chi connectivity index (χ0n) is 14.2. The number of benzene rings is 1. The maximum Gasteiger partial charge on any atom is 0.287 e. The van der Waals surface area contributed by atoms with Gasteiger partial charge in [-0.3, -0.25) is 4.79 Å². The average Bonchev–Trinajstić information content (AvgIpc) is 3.15. The molecule has 4 rings (SSSR count).